The summed E-state index contributed by atoms with van der Waals surface area (Å²) in [5.74, 6) is -0.348. The van der Waals surface area contributed by atoms with Crippen LogP contribution in [-0.2, 0) is 14.8 Å². The molecule has 25 heavy (non-hydrogen) atoms. The lowest BCUT2D eigenvalue weighted by Gasteiger charge is -2.27. The number of hydrogen-bond donors (Lipinski definition) is 1. The van der Waals surface area contributed by atoms with Gasteiger partial charge < -0.3 is 14.8 Å². The monoisotopic (exact) mass is 392 g/mol. The molecule has 0 aromatic heterocycles. The van der Waals surface area contributed by atoms with Crippen LogP contribution in [0.25, 0.3) is 0 Å². The molecule has 0 aliphatic carbocycles. The highest BCUT2D eigenvalue weighted by molar-refractivity contribution is 7.89. The third-order valence-corrected chi connectivity index (χ3v) is 6.02. The Kier molecular flexibility index (Phi) is 8.14. The molecule has 1 aliphatic rings. The van der Waals surface area contributed by atoms with Crippen molar-refractivity contribution in [1.82, 2.24) is 9.62 Å². The number of methoxy groups -OCH3 is 2. The normalized spacial score (nSPS) is 17.2. The molecule has 1 aromatic rings. The quantitative estimate of drug-likeness (QED) is 0.710. The van der Waals surface area contributed by atoms with Gasteiger partial charge in [0, 0.05) is 19.1 Å². The summed E-state index contributed by atoms with van der Waals surface area (Å²) in [5, 5.41) is 3.19. The van der Waals surface area contributed by atoms with E-state index in [1.165, 1.54) is 36.7 Å². The third kappa shape index (κ3) is 4.63. The molecule has 0 amide bonds. The molecular formula is C16H25ClN2O5S. The summed E-state index contributed by atoms with van der Waals surface area (Å²) in [6.45, 7) is 3.82. The highest BCUT2D eigenvalue weighted by atomic mass is 35.5. The summed E-state index contributed by atoms with van der Waals surface area (Å²) in [7, 11) is -1.04. The van der Waals surface area contributed by atoms with Gasteiger partial charge in [-0.15, -0.1) is 12.4 Å². The Labute approximate surface area is 155 Å². The molecule has 0 saturated carbocycles. The zero-order chi connectivity index (χ0) is 17.7. The predicted molar refractivity (Wildman–Crippen MR) is 97.0 cm³/mol. The number of hydrogen-bond acceptors (Lipinski definition) is 6. The van der Waals surface area contributed by atoms with Crippen LogP contribution < -0.4 is 10.1 Å². The van der Waals surface area contributed by atoms with Crippen molar-refractivity contribution >= 4 is 28.4 Å². The zero-order valence-corrected chi connectivity index (χ0v) is 16.3. The molecule has 0 spiro atoms. The number of carbonyl (C=O) groups is 1. The Morgan fingerprint density at radius 3 is 2.60 bits per heavy atom. The van der Waals surface area contributed by atoms with Gasteiger partial charge in [0.15, 0.2) is 0 Å². The molecule has 1 aliphatic heterocycles. The number of esters is 1. The molecule has 142 valence electrons. The van der Waals surface area contributed by atoms with Gasteiger partial charge in [-0.25, -0.2) is 13.2 Å². The van der Waals surface area contributed by atoms with Crippen LogP contribution in [-0.4, -0.2) is 58.6 Å². The first-order chi connectivity index (χ1) is 11.5. The number of ether oxygens (including phenoxy) is 2. The molecule has 0 bridgehead atoms. The van der Waals surface area contributed by atoms with Gasteiger partial charge in [-0.1, -0.05) is 6.92 Å². The first-order valence-electron chi connectivity index (χ1n) is 7.94. The molecule has 1 heterocycles. The van der Waals surface area contributed by atoms with Gasteiger partial charge in [-0.05, 0) is 37.6 Å². The van der Waals surface area contributed by atoms with E-state index in [-0.39, 0.29) is 34.7 Å². The maximum absolute atomic E-state index is 13.1. The Balaban J connectivity index is 0.00000312. The molecule has 9 heteroatoms. The molecule has 1 unspecified atom stereocenters. The Morgan fingerprint density at radius 2 is 2.08 bits per heavy atom. The van der Waals surface area contributed by atoms with E-state index in [4.69, 9.17) is 9.47 Å². The number of rotatable bonds is 7. The summed E-state index contributed by atoms with van der Waals surface area (Å²) in [4.78, 5) is 12.0. The van der Waals surface area contributed by atoms with E-state index >= 15 is 0 Å². The number of halogens is 1. The summed E-state index contributed by atoms with van der Waals surface area (Å²) in [6.07, 6.45) is 1.50. The predicted octanol–water partition coefficient (Wildman–Crippen LogP) is 1.67. The number of carbonyl (C=O) groups excluding carboxylic acids is 1. The Bertz CT molecular complexity index is 690. The van der Waals surface area contributed by atoms with Gasteiger partial charge >= 0.3 is 5.97 Å². The lowest BCUT2D eigenvalue weighted by Crippen LogP contribution is -2.42. The van der Waals surface area contributed by atoms with Crippen molar-refractivity contribution in [2.45, 2.75) is 30.7 Å². The van der Waals surface area contributed by atoms with Crippen molar-refractivity contribution < 1.29 is 22.7 Å². The molecule has 1 saturated heterocycles. The van der Waals surface area contributed by atoms with E-state index in [1.807, 2.05) is 6.92 Å². The number of benzene rings is 1. The van der Waals surface area contributed by atoms with Crippen LogP contribution >= 0.6 is 12.4 Å². The van der Waals surface area contributed by atoms with Gasteiger partial charge in [0.05, 0.1) is 19.1 Å². The summed E-state index contributed by atoms with van der Waals surface area (Å²) in [6, 6.07) is 4.20. The van der Waals surface area contributed by atoms with E-state index in [2.05, 4.69) is 5.32 Å². The first-order valence-corrected chi connectivity index (χ1v) is 9.38. The first kappa shape index (κ1) is 21.7. The highest BCUT2D eigenvalue weighted by Crippen LogP contribution is 2.27. The molecular weight excluding hydrogens is 368 g/mol. The van der Waals surface area contributed by atoms with Crippen molar-refractivity contribution in [3.05, 3.63) is 23.8 Å². The zero-order valence-electron chi connectivity index (χ0n) is 14.6. The van der Waals surface area contributed by atoms with Crippen LogP contribution in [0, 0.1) is 0 Å². The topological polar surface area (TPSA) is 84.9 Å². The van der Waals surface area contributed by atoms with Gasteiger partial charge in [-0.3, -0.25) is 0 Å². The van der Waals surface area contributed by atoms with Gasteiger partial charge in [-0.2, -0.15) is 4.31 Å². The molecule has 1 fully saturated rings. The fraction of sp³-hybridized carbons (Fsp3) is 0.562. The molecule has 1 N–H and O–H groups in total. The molecule has 0 radical (unpaired) electrons. The van der Waals surface area contributed by atoms with Crippen LogP contribution in [0.5, 0.6) is 5.75 Å². The van der Waals surface area contributed by atoms with Crippen LogP contribution in [0.15, 0.2) is 23.1 Å². The maximum atomic E-state index is 13.1. The number of sulfonamides is 1. The van der Waals surface area contributed by atoms with Crippen LogP contribution in [0.3, 0.4) is 0 Å². The fourth-order valence-corrected chi connectivity index (χ4v) is 4.63. The minimum atomic E-state index is -3.71. The molecule has 1 atom stereocenters. The van der Waals surface area contributed by atoms with Gasteiger partial charge in [0.2, 0.25) is 10.0 Å². The second-order valence-electron chi connectivity index (χ2n) is 5.62. The van der Waals surface area contributed by atoms with Crippen molar-refractivity contribution in [2.24, 2.45) is 0 Å². The molecule has 1 aromatic carbocycles. The van der Waals surface area contributed by atoms with Gasteiger partial charge in [0.1, 0.15) is 11.3 Å². The van der Waals surface area contributed by atoms with Crippen LogP contribution in [0.4, 0.5) is 0 Å². The molecule has 7 nitrogen and oxygen atoms in total. The average molecular weight is 393 g/mol. The van der Waals surface area contributed by atoms with E-state index in [0.717, 1.165) is 19.4 Å². The highest BCUT2D eigenvalue weighted by Gasteiger charge is 2.33. The lowest BCUT2D eigenvalue weighted by atomic mass is 10.2. The van der Waals surface area contributed by atoms with Gasteiger partial charge in [0.25, 0.3) is 0 Å². The van der Waals surface area contributed by atoms with E-state index in [9.17, 15) is 13.2 Å². The number of nitrogens with one attached hydrogen (secondary N) is 1. The van der Waals surface area contributed by atoms with Crippen molar-refractivity contribution in [1.29, 1.82) is 0 Å². The summed E-state index contributed by atoms with van der Waals surface area (Å²) < 4.78 is 37.5. The second kappa shape index (κ2) is 9.38. The third-order valence-electron chi connectivity index (χ3n) is 4.07. The largest absolute Gasteiger partial charge is 0.496 e. The molecule has 2 rings (SSSR count). The van der Waals surface area contributed by atoms with E-state index < -0.39 is 16.0 Å². The minimum absolute atomic E-state index is 0. The SMILES string of the molecule is CCCN(C1CCNC1)S(=O)(=O)c1ccc(OC)c(C(=O)OC)c1.Cl. The average Bonchev–Trinajstić information content (AvgIpc) is 3.12. The fourth-order valence-electron chi connectivity index (χ4n) is 2.86. The Hall–Kier alpha value is -1.35. The van der Waals surface area contributed by atoms with Crippen molar-refractivity contribution in [3.63, 3.8) is 0 Å². The summed E-state index contributed by atoms with van der Waals surface area (Å²) in [5.41, 5.74) is 0.0991. The smallest absolute Gasteiger partial charge is 0.341 e. The maximum Gasteiger partial charge on any atom is 0.341 e. The van der Waals surface area contributed by atoms with Crippen molar-refractivity contribution in [2.75, 3.05) is 33.9 Å². The standard InChI is InChI=1S/C16H24N2O5S.ClH/c1-4-9-18(12-7-8-17-11-12)24(20,21)13-5-6-15(22-2)14(10-13)16(19)23-3;/h5-6,10,12,17H,4,7-9,11H2,1-3H3;1H. The second-order valence-corrected chi connectivity index (χ2v) is 7.51. The number of nitrogens with zero attached hydrogens (tertiary/aromatic N) is 1. The van der Waals surface area contributed by atoms with Crippen LogP contribution in [0.1, 0.15) is 30.1 Å². The Morgan fingerprint density at radius 1 is 1.36 bits per heavy atom. The van der Waals surface area contributed by atoms with E-state index in [1.54, 1.807) is 0 Å². The van der Waals surface area contributed by atoms with Crippen LogP contribution in [0.2, 0.25) is 0 Å². The lowest BCUT2D eigenvalue weighted by molar-refractivity contribution is 0.0597. The van der Waals surface area contributed by atoms with E-state index in [0.29, 0.717) is 13.1 Å². The minimum Gasteiger partial charge on any atom is -0.496 e. The summed E-state index contributed by atoms with van der Waals surface area (Å²) >= 11 is 0. The van der Waals surface area contributed by atoms with Crippen molar-refractivity contribution in [3.8, 4) is 5.75 Å².